The maximum absolute atomic E-state index is 13.2. The summed E-state index contributed by atoms with van der Waals surface area (Å²) < 4.78 is 0. The van der Waals surface area contributed by atoms with Gasteiger partial charge >= 0.3 is 0 Å². The summed E-state index contributed by atoms with van der Waals surface area (Å²) in [7, 11) is 1.61. The van der Waals surface area contributed by atoms with Crippen LogP contribution in [0.2, 0.25) is 0 Å². The smallest absolute Gasteiger partial charge is 0.251 e. The first-order valence-electron chi connectivity index (χ1n) is 13.4. The van der Waals surface area contributed by atoms with Crippen LogP contribution in [0.4, 0.5) is 5.69 Å². The van der Waals surface area contributed by atoms with Crippen molar-refractivity contribution in [1.29, 1.82) is 0 Å². The molecule has 1 atom stereocenters. The SMILES string of the molecule is CNC(=O)CCc1ccc(NC(=O)[C@H](CC(C)(C)C)NC(=O)c2cccc(CNC(=O)c3ccccc3)c2)cc1. The molecule has 0 aliphatic rings. The second-order valence-corrected chi connectivity index (χ2v) is 10.9. The van der Waals surface area contributed by atoms with Crippen molar-refractivity contribution in [3.63, 3.8) is 0 Å². The van der Waals surface area contributed by atoms with Crippen molar-refractivity contribution in [2.45, 2.75) is 52.6 Å². The Morgan fingerprint density at radius 3 is 2.10 bits per heavy atom. The van der Waals surface area contributed by atoms with Crippen LogP contribution in [0.1, 0.15) is 65.5 Å². The van der Waals surface area contributed by atoms with Crippen molar-refractivity contribution >= 4 is 29.3 Å². The monoisotopic (exact) mass is 542 g/mol. The van der Waals surface area contributed by atoms with Crippen LogP contribution in [0.3, 0.4) is 0 Å². The van der Waals surface area contributed by atoms with Gasteiger partial charge in [-0.1, -0.05) is 63.2 Å². The maximum atomic E-state index is 13.2. The Balaban J connectivity index is 1.64. The Hall–Kier alpha value is -4.46. The van der Waals surface area contributed by atoms with Gasteiger partial charge in [-0.2, -0.15) is 0 Å². The molecule has 0 saturated heterocycles. The van der Waals surface area contributed by atoms with Gasteiger partial charge in [-0.15, -0.1) is 0 Å². The summed E-state index contributed by atoms with van der Waals surface area (Å²) in [5.74, 6) is -0.907. The van der Waals surface area contributed by atoms with Gasteiger partial charge in [0.15, 0.2) is 0 Å². The standard InChI is InChI=1S/C32H38N4O4/c1-32(2,3)20-27(31(40)35-26-16-13-22(14-17-26)15-18-28(37)33-4)36-30(39)25-12-8-9-23(19-25)21-34-29(38)24-10-6-5-7-11-24/h5-14,16-17,19,27H,15,18,20-21H2,1-4H3,(H,33,37)(H,34,38)(H,35,40)(H,36,39)/t27-/m0/s1. The molecule has 0 saturated carbocycles. The van der Waals surface area contributed by atoms with E-state index in [1.165, 1.54) is 0 Å². The van der Waals surface area contributed by atoms with Crippen molar-refractivity contribution in [2.75, 3.05) is 12.4 Å². The number of hydrogen-bond donors (Lipinski definition) is 4. The van der Waals surface area contributed by atoms with E-state index in [4.69, 9.17) is 0 Å². The number of aryl methyl sites for hydroxylation is 1. The lowest BCUT2D eigenvalue weighted by atomic mass is 9.87. The third-order valence-electron chi connectivity index (χ3n) is 6.26. The predicted molar refractivity (Wildman–Crippen MR) is 157 cm³/mol. The van der Waals surface area contributed by atoms with Crippen LogP contribution in [0.25, 0.3) is 0 Å². The summed E-state index contributed by atoms with van der Waals surface area (Å²) in [6.07, 6.45) is 1.43. The highest BCUT2D eigenvalue weighted by Crippen LogP contribution is 2.22. The fourth-order valence-corrected chi connectivity index (χ4v) is 4.13. The number of carbonyl (C=O) groups is 4. The zero-order valence-corrected chi connectivity index (χ0v) is 23.5. The van der Waals surface area contributed by atoms with E-state index in [-0.39, 0.29) is 35.6 Å². The fraction of sp³-hybridized carbons (Fsp3) is 0.312. The number of nitrogens with one attached hydrogen (secondary N) is 4. The van der Waals surface area contributed by atoms with Crippen LogP contribution in [-0.2, 0) is 22.6 Å². The van der Waals surface area contributed by atoms with Crippen LogP contribution in [0, 0.1) is 5.41 Å². The largest absolute Gasteiger partial charge is 0.359 e. The van der Waals surface area contributed by atoms with E-state index in [2.05, 4.69) is 21.3 Å². The first kappa shape index (κ1) is 30.1. The fourth-order valence-electron chi connectivity index (χ4n) is 4.13. The number of rotatable bonds is 11. The normalized spacial score (nSPS) is 11.7. The van der Waals surface area contributed by atoms with Crippen molar-refractivity contribution in [3.05, 3.63) is 101 Å². The Bertz CT molecular complexity index is 1310. The maximum Gasteiger partial charge on any atom is 0.251 e. The molecule has 0 spiro atoms. The number of carbonyl (C=O) groups excluding carboxylic acids is 4. The van der Waals surface area contributed by atoms with E-state index < -0.39 is 6.04 Å². The molecule has 0 fully saturated rings. The van der Waals surface area contributed by atoms with E-state index in [0.717, 1.165) is 11.1 Å². The van der Waals surface area contributed by atoms with E-state index in [9.17, 15) is 19.2 Å². The average Bonchev–Trinajstić information content (AvgIpc) is 2.94. The summed E-state index contributed by atoms with van der Waals surface area (Å²) in [6, 6.07) is 22.5. The first-order chi connectivity index (χ1) is 19.0. The van der Waals surface area contributed by atoms with Crippen molar-refractivity contribution in [3.8, 4) is 0 Å². The molecule has 8 nitrogen and oxygen atoms in total. The molecule has 210 valence electrons. The highest BCUT2D eigenvalue weighted by molar-refractivity contribution is 6.01. The van der Waals surface area contributed by atoms with Gasteiger partial charge in [-0.05, 0) is 65.8 Å². The van der Waals surface area contributed by atoms with Gasteiger partial charge < -0.3 is 21.3 Å². The minimum Gasteiger partial charge on any atom is -0.359 e. The van der Waals surface area contributed by atoms with Gasteiger partial charge in [-0.3, -0.25) is 19.2 Å². The number of benzene rings is 3. The summed E-state index contributed by atoms with van der Waals surface area (Å²) in [5, 5.41) is 11.3. The topological polar surface area (TPSA) is 116 Å². The molecule has 0 aromatic heterocycles. The number of amides is 4. The second-order valence-electron chi connectivity index (χ2n) is 10.9. The predicted octanol–water partition coefficient (Wildman–Crippen LogP) is 4.47. The minimum absolute atomic E-state index is 0.0272. The lowest BCUT2D eigenvalue weighted by Crippen LogP contribution is -2.45. The summed E-state index contributed by atoms with van der Waals surface area (Å²) in [6.45, 7) is 6.30. The molecule has 0 radical (unpaired) electrons. The molecular formula is C32H38N4O4. The molecule has 0 bridgehead atoms. The van der Waals surface area contributed by atoms with Crippen LogP contribution in [0.15, 0.2) is 78.9 Å². The van der Waals surface area contributed by atoms with Crippen LogP contribution in [-0.4, -0.2) is 36.7 Å². The molecule has 4 N–H and O–H groups in total. The molecule has 8 heteroatoms. The van der Waals surface area contributed by atoms with Crippen molar-refractivity contribution in [2.24, 2.45) is 5.41 Å². The van der Waals surface area contributed by atoms with Gasteiger partial charge in [0, 0.05) is 36.8 Å². The molecule has 3 rings (SSSR count). The number of anilines is 1. The molecule has 4 amide bonds. The van der Waals surface area contributed by atoms with Gasteiger partial charge in [-0.25, -0.2) is 0 Å². The van der Waals surface area contributed by atoms with Gasteiger partial charge in [0.25, 0.3) is 11.8 Å². The quantitative estimate of drug-likeness (QED) is 0.286. The lowest BCUT2D eigenvalue weighted by molar-refractivity contribution is -0.120. The highest BCUT2D eigenvalue weighted by Gasteiger charge is 2.27. The summed E-state index contributed by atoms with van der Waals surface area (Å²) >= 11 is 0. The van der Waals surface area contributed by atoms with Crippen LogP contribution in [0.5, 0.6) is 0 Å². The van der Waals surface area contributed by atoms with Gasteiger partial charge in [0.1, 0.15) is 6.04 Å². The highest BCUT2D eigenvalue weighted by atomic mass is 16.2. The second kappa shape index (κ2) is 14.1. The van der Waals surface area contributed by atoms with E-state index >= 15 is 0 Å². The summed E-state index contributed by atoms with van der Waals surface area (Å²) in [4.78, 5) is 50.3. The summed E-state index contributed by atoms with van der Waals surface area (Å²) in [5.41, 5.74) is 3.11. The minimum atomic E-state index is -0.762. The third kappa shape index (κ3) is 9.69. The van der Waals surface area contributed by atoms with Gasteiger partial charge in [0.2, 0.25) is 11.8 Å². The third-order valence-corrected chi connectivity index (χ3v) is 6.26. The molecule has 0 aliphatic carbocycles. The number of hydrogen-bond acceptors (Lipinski definition) is 4. The van der Waals surface area contributed by atoms with E-state index in [0.29, 0.717) is 36.1 Å². The Kier molecular flexibility index (Phi) is 10.6. The van der Waals surface area contributed by atoms with E-state index in [1.807, 2.05) is 45.0 Å². The zero-order chi connectivity index (χ0) is 29.1. The molecule has 40 heavy (non-hydrogen) atoms. The molecule has 0 aliphatic heterocycles. The lowest BCUT2D eigenvalue weighted by Gasteiger charge is -2.26. The zero-order valence-electron chi connectivity index (χ0n) is 23.5. The molecular weight excluding hydrogens is 504 g/mol. The molecule has 0 heterocycles. The van der Waals surface area contributed by atoms with Crippen LogP contribution >= 0.6 is 0 Å². The first-order valence-corrected chi connectivity index (χ1v) is 13.4. The molecule has 3 aromatic carbocycles. The molecule has 0 unspecified atom stereocenters. The molecule has 3 aromatic rings. The van der Waals surface area contributed by atoms with Crippen molar-refractivity contribution < 1.29 is 19.2 Å². The van der Waals surface area contributed by atoms with Crippen LogP contribution < -0.4 is 21.3 Å². The van der Waals surface area contributed by atoms with Gasteiger partial charge in [0.05, 0.1) is 0 Å². The average molecular weight is 543 g/mol. The van der Waals surface area contributed by atoms with E-state index in [1.54, 1.807) is 61.6 Å². The Labute approximate surface area is 236 Å². The Morgan fingerprint density at radius 2 is 1.45 bits per heavy atom. The van der Waals surface area contributed by atoms with Crippen molar-refractivity contribution in [1.82, 2.24) is 16.0 Å². The Morgan fingerprint density at radius 1 is 0.775 bits per heavy atom.